The number of benzene rings is 2. The molecule has 4 aromatic rings. The van der Waals surface area contributed by atoms with E-state index < -0.39 is 12.0 Å². The lowest BCUT2D eigenvalue weighted by Crippen LogP contribution is -2.21. The van der Waals surface area contributed by atoms with Crippen LogP contribution in [0.4, 0.5) is 5.69 Å². The average Bonchev–Trinajstić information content (AvgIpc) is 3.29. The molecule has 6 nitrogen and oxygen atoms in total. The van der Waals surface area contributed by atoms with Crippen LogP contribution in [0, 0.1) is 0 Å². The second kappa shape index (κ2) is 8.45. The minimum Gasteiger partial charge on any atom is -0.475 e. The number of aromatic nitrogens is 1. The SMILES string of the molecule is O=C(O)c1ccc(-c2ccc(NC(C(=O)c3ccccc3)c3cccnc3)cc2)o1. The van der Waals surface area contributed by atoms with Gasteiger partial charge < -0.3 is 14.8 Å². The molecule has 0 fully saturated rings. The molecule has 0 aliphatic rings. The molecule has 30 heavy (non-hydrogen) atoms. The maximum absolute atomic E-state index is 13.1. The van der Waals surface area contributed by atoms with Gasteiger partial charge in [0.05, 0.1) is 0 Å². The Morgan fingerprint density at radius 1 is 0.900 bits per heavy atom. The first kappa shape index (κ1) is 19.1. The number of hydrogen-bond acceptors (Lipinski definition) is 5. The third-order valence-corrected chi connectivity index (χ3v) is 4.64. The number of carboxylic acid groups (broad SMARTS) is 1. The van der Waals surface area contributed by atoms with Crippen LogP contribution < -0.4 is 5.32 Å². The lowest BCUT2D eigenvalue weighted by molar-refractivity contribution is 0.0663. The fraction of sp³-hybridized carbons (Fsp3) is 0.0417. The molecular weight excluding hydrogens is 380 g/mol. The van der Waals surface area contributed by atoms with Crippen molar-refractivity contribution >= 4 is 17.4 Å². The first-order valence-corrected chi connectivity index (χ1v) is 9.31. The predicted octanol–water partition coefficient (Wildman–Crippen LogP) is 5.08. The number of carbonyl (C=O) groups excluding carboxylic acids is 1. The number of nitrogens with one attached hydrogen (secondary N) is 1. The first-order chi connectivity index (χ1) is 14.6. The average molecular weight is 398 g/mol. The summed E-state index contributed by atoms with van der Waals surface area (Å²) in [6.45, 7) is 0. The van der Waals surface area contributed by atoms with Crippen LogP contribution in [-0.2, 0) is 0 Å². The lowest BCUT2D eigenvalue weighted by Gasteiger charge is -2.19. The quantitative estimate of drug-likeness (QED) is 0.422. The molecule has 4 rings (SSSR count). The highest BCUT2D eigenvalue weighted by Crippen LogP contribution is 2.27. The Morgan fingerprint density at radius 3 is 2.30 bits per heavy atom. The van der Waals surface area contributed by atoms with Crippen molar-refractivity contribution in [1.82, 2.24) is 4.98 Å². The molecule has 1 atom stereocenters. The van der Waals surface area contributed by atoms with Crippen LogP contribution in [0.1, 0.15) is 32.5 Å². The van der Waals surface area contributed by atoms with Gasteiger partial charge in [0.25, 0.3) is 0 Å². The number of anilines is 1. The zero-order chi connectivity index (χ0) is 20.9. The number of rotatable bonds is 7. The number of ketones is 1. The highest BCUT2D eigenvalue weighted by Gasteiger charge is 2.22. The van der Waals surface area contributed by atoms with Gasteiger partial charge in [-0.15, -0.1) is 0 Å². The van der Waals surface area contributed by atoms with Crippen LogP contribution in [0.2, 0.25) is 0 Å². The zero-order valence-corrected chi connectivity index (χ0v) is 15.9. The molecular formula is C24H18N2O4. The summed E-state index contributed by atoms with van der Waals surface area (Å²) in [6.07, 6.45) is 3.33. The fourth-order valence-electron chi connectivity index (χ4n) is 3.12. The van der Waals surface area contributed by atoms with Gasteiger partial charge in [-0.25, -0.2) is 4.79 Å². The van der Waals surface area contributed by atoms with Crippen LogP contribution in [0.15, 0.2) is 95.7 Å². The van der Waals surface area contributed by atoms with Gasteiger partial charge in [-0.1, -0.05) is 36.4 Å². The van der Waals surface area contributed by atoms with E-state index in [-0.39, 0.29) is 11.5 Å². The van der Waals surface area contributed by atoms with E-state index in [1.54, 1.807) is 48.8 Å². The van der Waals surface area contributed by atoms with E-state index in [4.69, 9.17) is 9.52 Å². The zero-order valence-electron chi connectivity index (χ0n) is 15.9. The standard InChI is InChI=1S/C24H18N2O4/c27-23(17-5-2-1-3-6-17)22(18-7-4-14-25-15-18)26-19-10-8-16(9-11-19)20-12-13-21(30-20)24(28)29/h1-15,22,26H,(H,28,29). The van der Waals surface area contributed by atoms with Crippen molar-refractivity contribution in [3.8, 4) is 11.3 Å². The molecule has 0 amide bonds. The molecule has 148 valence electrons. The Hall–Kier alpha value is -4.19. The van der Waals surface area contributed by atoms with Crippen LogP contribution in [0.3, 0.4) is 0 Å². The largest absolute Gasteiger partial charge is 0.475 e. The van der Waals surface area contributed by atoms with E-state index in [2.05, 4.69) is 10.3 Å². The molecule has 2 heterocycles. The van der Waals surface area contributed by atoms with Gasteiger partial charge in [0.2, 0.25) is 5.76 Å². The predicted molar refractivity (Wildman–Crippen MR) is 112 cm³/mol. The van der Waals surface area contributed by atoms with Gasteiger partial charge in [-0.3, -0.25) is 9.78 Å². The summed E-state index contributed by atoms with van der Waals surface area (Å²) < 4.78 is 5.34. The van der Waals surface area contributed by atoms with Gasteiger partial charge in [-0.05, 0) is 42.5 Å². The number of aromatic carboxylic acids is 1. The minimum absolute atomic E-state index is 0.0650. The Bertz CT molecular complexity index is 1150. The molecule has 6 heteroatoms. The van der Waals surface area contributed by atoms with Crippen molar-refractivity contribution < 1.29 is 19.1 Å². The second-order valence-electron chi connectivity index (χ2n) is 6.64. The Kier molecular flexibility index (Phi) is 5.39. The number of carboxylic acids is 1. The van der Waals surface area contributed by atoms with Crippen molar-refractivity contribution in [2.24, 2.45) is 0 Å². The van der Waals surface area contributed by atoms with Gasteiger partial charge in [0.15, 0.2) is 5.78 Å². The molecule has 1 unspecified atom stereocenters. The summed E-state index contributed by atoms with van der Waals surface area (Å²) in [5.41, 5.74) is 2.84. The summed E-state index contributed by atoms with van der Waals surface area (Å²) in [6, 6.07) is 22.4. The van der Waals surface area contributed by atoms with Crippen LogP contribution in [-0.4, -0.2) is 21.8 Å². The molecule has 0 spiro atoms. The van der Waals surface area contributed by atoms with E-state index in [0.717, 1.165) is 16.8 Å². The summed E-state index contributed by atoms with van der Waals surface area (Å²) in [5.74, 6) is -0.830. The first-order valence-electron chi connectivity index (χ1n) is 9.31. The van der Waals surface area contributed by atoms with E-state index in [1.807, 2.05) is 36.4 Å². The van der Waals surface area contributed by atoms with Crippen molar-refractivity contribution in [3.63, 3.8) is 0 Å². The normalized spacial score (nSPS) is 11.6. The van der Waals surface area contributed by atoms with Gasteiger partial charge in [-0.2, -0.15) is 0 Å². The molecule has 0 aliphatic heterocycles. The highest BCUT2D eigenvalue weighted by atomic mass is 16.4. The molecule has 0 saturated carbocycles. The van der Waals surface area contributed by atoms with Crippen molar-refractivity contribution in [2.45, 2.75) is 6.04 Å². The number of furan rings is 1. The number of Topliss-reactive ketones (excluding diaryl/α,β-unsaturated/α-hetero) is 1. The van der Waals surface area contributed by atoms with Crippen LogP contribution >= 0.6 is 0 Å². The Morgan fingerprint density at radius 2 is 1.67 bits per heavy atom. The summed E-state index contributed by atoms with van der Waals surface area (Å²) >= 11 is 0. The molecule has 0 radical (unpaired) electrons. The third kappa shape index (κ3) is 4.12. The van der Waals surface area contributed by atoms with Crippen LogP contribution in [0.25, 0.3) is 11.3 Å². The summed E-state index contributed by atoms with van der Waals surface area (Å²) in [7, 11) is 0. The minimum atomic E-state index is -1.11. The molecule has 2 aromatic carbocycles. The fourth-order valence-corrected chi connectivity index (χ4v) is 3.12. The van der Waals surface area contributed by atoms with Gasteiger partial charge in [0.1, 0.15) is 11.8 Å². The third-order valence-electron chi connectivity index (χ3n) is 4.64. The smallest absolute Gasteiger partial charge is 0.371 e. The molecule has 0 aliphatic carbocycles. The van der Waals surface area contributed by atoms with E-state index in [1.165, 1.54) is 6.07 Å². The summed E-state index contributed by atoms with van der Waals surface area (Å²) in [4.78, 5) is 28.3. The number of hydrogen-bond donors (Lipinski definition) is 2. The Balaban J connectivity index is 1.60. The molecule has 2 N–H and O–H groups in total. The van der Waals surface area contributed by atoms with Crippen molar-refractivity contribution in [2.75, 3.05) is 5.32 Å². The summed E-state index contributed by atoms with van der Waals surface area (Å²) in [5, 5.41) is 12.3. The molecule has 0 saturated heterocycles. The van der Waals surface area contributed by atoms with E-state index in [9.17, 15) is 9.59 Å². The monoisotopic (exact) mass is 398 g/mol. The highest BCUT2D eigenvalue weighted by molar-refractivity contribution is 6.02. The Labute approximate surface area is 172 Å². The topological polar surface area (TPSA) is 92.4 Å². The molecule has 2 aromatic heterocycles. The van der Waals surface area contributed by atoms with Crippen molar-refractivity contribution in [3.05, 3.63) is 108 Å². The second-order valence-corrected chi connectivity index (χ2v) is 6.64. The number of nitrogens with zero attached hydrogens (tertiary/aromatic N) is 1. The molecule has 0 bridgehead atoms. The van der Waals surface area contributed by atoms with Crippen LogP contribution in [0.5, 0.6) is 0 Å². The maximum atomic E-state index is 13.1. The van der Waals surface area contributed by atoms with Crippen molar-refractivity contribution in [1.29, 1.82) is 0 Å². The van der Waals surface area contributed by atoms with E-state index >= 15 is 0 Å². The van der Waals surface area contributed by atoms with Gasteiger partial charge >= 0.3 is 5.97 Å². The lowest BCUT2D eigenvalue weighted by atomic mass is 9.98. The maximum Gasteiger partial charge on any atom is 0.371 e. The van der Waals surface area contributed by atoms with E-state index in [0.29, 0.717) is 11.3 Å². The number of pyridine rings is 1. The van der Waals surface area contributed by atoms with Gasteiger partial charge in [0, 0.05) is 34.8 Å². The number of carbonyl (C=O) groups is 2.